The maximum Gasteiger partial charge on any atom is 0.134 e. The lowest BCUT2D eigenvalue weighted by Gasteiger charge is -2.23. The number of hydrogen-bond donors (Lipinski definition) is 0. The van der Waals surface area contributed by atoms with Gasteiger partial charge in [0.25, 0.3) is 0 Å². The minimum Gasteiger partial charge on any atom is -0.469 e. The summed E-state index contributed by atoms with van der Waals surface area (Å²) in [4.78, 5) is 11.3. The fourth-order valence-corrected chi connectivity index (χ4v) is 2.18. The van der Waals surface area contributed by atoms with Gasteiger partial charge >= 0.3 is 0 Å². The van der Waals surface area contributed by atoms with Crippen molar-refractivity contribution in [3.05, 3.63) is 24.2 Å². The summed E-state index contributed by atoms with van der Waals surface area (Å²) >= 11 is 0. The lowest BCUT2D eigenvalue weighted by atomic mass is 9.80. The van der Waals surface area contributed by atoms with Crippen LogP contribution in [0.3, 0.4) is 0 Å². The van der Waals surface area contributed by atoms with Gasteiger partial charge in [-0.3, -0.25) is 4.79 Å². The Morgan fingerprint density at radius 2 is 2.31 bits per heavy atom. The molecule has 1 aliphatic carbocycles. The summed E-state index contributed by atoms with van der Waals surface area (Å²) in [6, 6.07) is 3.85. The minimum atomic E-state index is 0.0644. The molecule has 0 aromatic carbocycles. The van der Waals surface area contributed by atoms with Gasteiger partial charge in [0.2, 0.25) is 0 Å². The highest BCUT2D eigenvalue weighted by atomic mass is 16.3. The van der Waals surface area contributed by atoms with Crippen molar-refractivity contribution in [1.82, 2.24) is 0 Å². The minimum absolute atomic E-state index is 0.0644. The zero-order chi connectivity index (χ0) is 9.47. The predicted molar refractivity (Wildman–Crippen MR) is 49.5 cm³/mol. The number of Topliss-reactive ketones (excluding diaryl/α,β-unsaturated/α-hetero) is 1. The van der Waals surface area contributed by atoms with Crippen molar-refractivity contribution in [3.8, 4) is 0 Å². The second-order valence-corrected chi connectivity index (χ2v) is 4.48. The van der Waals surface area contributed by atoms with E-state index in [0.717, 1.165) is 5.76 Å². The Morgan fingerprint density at radius 1 is 1.54 bits per heavy atom. The summed E-state index contributed by atoms with van der Waals surface area (Å²) in [6.45, 7) is 4.26. The molecule has 2 nitrogen and oxygen atoms in total. The summed E-state index contributed by atoms with van der Waals surface area (Å²) in [5.74, 6) is 1.58. The maximum atomic E-state index is 11.3. The van der Waals surface area contributed by atoms with Crippen LogP contribution < -0.4 is 0 Å². The Bertz CT molecular complexity index is 309. The molecule has 0 bridgehead atoms. The Labute approximate surface area is 77.9 Å². The van der Waals surface area contributed by atoms with E-state index in [4.69, 9.17) is 4.42 Å². The first-order valence-corrected chi connectivity index (χ1v) is 4.65. The van der Waals surface area contributed by atoms with Crippen LogP contribution >= 0.6 is 0 Å². The lowest BCUT2D eigenvalue weighted by Crippen LogP contribution is -2.14. The van der Waals surface area contributed by atoms with E-state index >= 15 is 0 Å². The van der Waals surface area contributed by atoms with Crippen molar-refractivity contribution in [2.75, 3.05) is 0 Å². The van der Waals surface area contributed by atoms with Crippen LogP contribution in [0.5, 0.6) is 0 Å². The normalized spacial score (nSPS) is 26.6. The monoisotopic (exact) mass is 178 g/mol. The van der Waals surface area contributed by atoms with Crippen LogP contribution in [0.2, 0.25) is 0 Å². The molecule has 1 saturated carbocycles. The van der Waals surface area contributed by atoms with Gasteiger partial charge in [0, 0.05) is 18.8 Å². The van der Waals surface area contributed by atoms with E-state index < -0.39 is 0 Å². The van der Waals surface area contributed by atoms with Gasteiger partial charge in [-0.15, -0.1) is 0 Å². The van der Waals surface area contributed by atoms with Crippen LogP contribution in [-0.4, -0.2) is 5.78 Å². The smallest absolute Gasteiger partial charge is 0.134 e. The first-order valence-electron chi connectivity index (χ1n) is 4.65. The van der Waals surface area contributed by atoms with Gasteiger partial charge < -0.3 is 4.42 Å². The van der Waals surface area contributed by atoms with Crippen LogP contribution in [-0.2, 0) is 4.79 Å². The number of rotatable bonds is 1. The van der Waals surface area contributed by atoms with Gasteiger partial charge in [-0.05, 0) is 17.5 Å². The van der Waals surface area contributed by atoms with Gasteiger partial charge in [-0.2, -0.15) is 0 Å². The molecule has 0 amide bonds. The molecule has 2 rings (SSSR count). The highest BCUT2D eigenvalue weighted by Gasteiger charge is 2.41. The molecule has 0 radical (unpaired) electrons. The van der Waals surface area contributed by atoms with Gasteiger partial charge in [0.1, 0.15) is 11.5 Å². The number of ketones is 1. The third-order valence-electron chi connectivity index (χ3n) is 2.91. The summed E-state index contributed by atoms with van der Waals surface area (Å²) in [5.41, 5.74) is 0.0644. The molecule has 1 fully saturated rings. The van der Waals surface area contributed by atoms with E-state index in [0.29, 0.717) is 18.6 Å². The second-order valence-electron chi connectivity index (χ2n) is 4.48. The SMILES string of the molecule is CC1(C)CC(=O)CC1c1ccco1. The van der Waals surface area contributed by atoms with Crippen LogP contribution in [0, 0.1) is 5.41 Å². The van der Waals surface area contributed by atoms with Crippen LogP contribution in [0.15, 0.2) is 22.8 Å². The summed E-state index contributed by atoms with van der Waals surface area (Å²) in [6.07, 6.45) is 2.99. The molecule has 1 aliphatic rings. The molecular formula is C11H14O2. The van der Waals surface area contributed by atoms with Gasteiger partial charge in [-0.25, -0.2) is 0 Å². The van der Waals surface area contributed by atoms with Gasteiger partial charge in [-0.1, -0.05) is 13.8 Å². The van der Waals surface area contributed by atoms with E-state index in [9.17, 15) is 4.79 Å². The summed E-state index contributed by atoms with van der Waals surface area (Å²) < 4.78 is 5.35. The third-order valence-corrected chi connectivity index (χ3v) is 2.91. The molecule has 0 saturated heterocycles. The molecule has 13 heavy (non-hydrogen) atoms. The highest BCUT2D eigenvalue weighted by Crippen LogP contribution is 2.47. The van der Waals surface area contributed by atoms with Crippen LogP contribution in [0.25, 0.3) is 0 Å². The van der Waals surface area contributed by atoms with Gasteiger partial charge in [0.05, 0.1) is 6.26 Å². The Hall–Kier alpha value is -1.05. The van der Waals surface area contributed by atoms with Crippen molar-refractivity contribution in [1.29, 1.82) is 0 Å². The van der Waals surface area contributed by atoms with E-state index in [1.54, 1.807) is 6.26 Å². The molecule has 0 spiro atoms. The molecule has 1 atom stereocenters. The van der Waals surface area contributed by atoms with E-state index in [2.05, 4.69) is 13.8 Å². The molecule has 0 N–H and O–H groups in total. The number of furan rings is 1. The maximum absolute atomic E-state index is 11.3. The number of carbonyl (C=O) groups excluding carboxylic acids is 1. The van der Waals surface area contributed by atoms with Crippen molar-refractivity contribution >= 4 is 5.78 Å². The highest BCUT2D eigenvalue weighted by molar-refractivity contribution is 5.82. The zero-order valence-corrected chi connectivity index (χ0v) is 8.04. The Kier molecular flexibility index (Phi) is 1.79. The van der Waals surface area contributed by atoms with Gasteiger partial charge in [0.15, 0.2) is 0 Å². The number of carbonyl (C=O) groups is 1. The third kappa shape index (κ3) is 1.41. The van der Waals surface area contributed by atoms with Crippen LogP contribution in [0.4, 0.5) is 0 Å². The molecule has 70 valence electrons. The lowest BCUT2D eigenvalue weighted by molar-refractivity contribution is -0.117. The fraction of sp³-hybridized carbons (Fsp3) is 0.545. The zero-order valence-electron chi connectivity index (χ0n) is 8.04. The molecule has 2 heteroatoms. The quantitative estimate of drug-likeness (QED) is 0.661. The van der Waals surface area contributed by atoms with E-state index in [-0.39, 0.29) is 11.3 Å². The Morgan fingerprint density at radius 3 is 2.77 bits per heavy atom. The Balaban J connectivity index is 2.30. The summed E-state index contributed by atoms with van der Waals surface area (Å²) in [7, 11) is 0. The largest absolute Gasteiger partial charge is 0.469 e. The molecule has 1 aromatic rings. The average molecular weight is 178 g/mol. The molecule has 1 unspecified atom stereocenters. The standard InChI is InChI=1S/C11H14O2/c1-11(2)7-8(12)6-9(11)10-4-3-5-13-10/h3-5,9H,6-7H2,1-2H3. The van der Waals surface area contributed by atoms with E-state index in [1.165, 1.54) is 0 Å². The van der Waals surface area contributed by atoms with Crippen LogP contribution in [0.1, 0.15) is 38.4 Å². The molecule has 0 aliphatic heterocycles. The van der Waals surface area contributed by atoms with Crippen molar-refractivity contribution in [2.45, 2.75) is 32.6 Å². The predicted octanol–water partition coefficient (Wildman–Crippen LogP) is 2.75. The first-order chi connectivity index (χ1) is 6.09. The van der Waals surface area contributed by atoms with E-state index in [1.807, 2.05) is 12.1 Å². The number of hydrogen-bond acceptors (Lipinski definition) is 2. The first kappa shape index (κ1) is 8.54. The van der Waals surface area contributed by atoms with Crippen molar-refractivity contribution in [3.63, 3.8) is 0 Å². The van der Waals surface area contributed by atoms with Crippen molar-refractivity contribution < 1.29 is 9.21 Å². The molecule has 1 heterocycles. The van der Waals surface area contributed by atoms with Crippen molar-refractivity contribution in [2.24, 2.45) is 5.41 Å². The molecule has 1 aromatic heterocycles. The topological polar surface area (TPSA) is 30.2 Å². The second kappa shape index (κ2) is 2.72. The fourth-order valence-electron chi connectivity index (χ4n) is 2.18. The summed E-state index contributed by atoms with van der Waals surface area (Å²) in [5, 5.41) is 0. The average Bonchev–Trinajstić information content (AvgIpc) is 2.56. The molecular weight excluding hydrogens is 164 g/mol.